The summed E-state index contributed by atoms with van der Waals surface area (Å²) < 4.78 is 43.1. The van der Waals surface area contributed by atoms with E-state index >= 15 is 0 Å². The minimum atomic E-state index is -4.07. The highest BCUT2D eigenvalue weighted by Crippen LogP contribution is 2.22. The summed E-state index contributed by atoms with van der Waals surface area (Å²) in [6.45, 7) is 4.91. The van der Waals surface area contributed by atoms with Gasteiger partial charge in [0, 0.05) is 26.3 Å². The molecule has 0 bridgehead atoms. The summed E-state index contributed by atoms with van der Waals surface area (Å²) in [6, 6.07) is 0.124. The van der Waals surface area contributed by atoms with E-state index in [1.165, 1.54) is 0 Å². The maximum Gasteiger partial charge on any atom is 0.389 e. The first-order valence-electron chi connectivity index (χ1n) is 6.68. The molecule has 1 N–H and O–H groups in total. The smallest absolute Gasteiger partial charge is 0.383 e. The molecule has 1 heterocycles. The minimum absolute atomic E-state index is 0.124. The van der Waals surface area contributed by atoms with Gasteiger partial charge in [0.1, 0.15) is 0 Å². The molecule has 1 aromatic rings. The standard InChI is InChI=1S/C13H22F3N3O/c1-10-8-19(11(2)9-20-3)12(18-10)17-7-5-4-6-13(14,15)16/h8,11H,4-7,9H2,1-3H3,(H,17,18). The van der Waals surface area contributed by atoms with Crippen LogP contribution in [0, 0.1) is 6.92 Å². The number of imidazole rings is 1. The number of hydrogen-bond donors (Lipinski definition) is 1. The van der Waals surface area contributed by atoms with E-state index in [0.29, 0.717) is 25.5 Å². The van der Waals surface area contributed by atoms with Crippen LogP contribution < -0.4 is 5.32 Å². The molecule has 4 nitrogen and oxygen atoms in total. The molecule has 20 heavy (non-hydrogen) atoms. The third-order valence-electron chi connectivity index (χ3n) is 2.91. The van der Waals surface area contributed by atoms with E-state index in [9.17, 15) is 13.2 Å². The molecule has 1 unspecified atom stereocenters. The lowest BCUT2D eigenvalue weighted by Crippen LogP contribution is -2.15. The highest BCUT2D eigenvalue weighted by molar-refractivity contribution is 5.29. The van der Waals surface area contributed by atoms with Gasteiger partial charge in [0.25, 0.3) is 0 Å². The number of ether oxygens (including phenoxy) is 1. The number of methoxy groups -OCH3 is 1. The molecule has 0 aromatic carbocycles. The Morgan fingerprint density at radius 3 is 2.70 bits per heavy atom. The molecular formula is C13H22F3N3O. The van der Waals surface area contributed by atoms with Gasteiger partial charge in [-0.25, -0.2) is 4.98 Å². The molecular weight excluding hydrogens is 271 g/mol. The molecule has 0 saturated heterocycles. The second-order valence-corrected chi connectivity index (χ2v) is 4.92. The normalized spacial score (nSPS) is 13.5. The van der Waals surface area contributed by atoms with Gasteiger partial charge in [0.05, 0.1) is 18.3 Å². The molecule has 0 saturated carbocycles. The van der Waals surface area contributed by atoms with Gasteiger partial charge in [-0.2, -0.15) is 13.2 Å². The van der Waals surface area contributed by atoms with E-state index in [1.807, 2.05) is 24.6 Å². The van der Waals surface area contributed by atoms with E-state index in [0.717, 1.165) is 5.69 Å². The van der Waals surface area contributed by atoms with Crippen LogP contribution >= 0.6 is 0 Å². The van der Waals surface area contributed by atoms with Crippen LogP contribution in [0.2, 0.25) is 0 Å². The number of hydrogen-bond acceptors (Lipinski definition) is 3. The monoisotopic (exact) mass is 293 g/mol. The zero-order chi connectivity index (χ0) is 15.2. The molecule has 0 spiro atoms. The second kappa shape index (κ2) is 7.52. The van der Waals surface area contributed by atoms with Gasteiger partial charge in [-0.15, -0.1) is 0 Å². The number of aromatic nitrogens is 2. The zero-order valence-corrected chi connectivity index (χ0v) is 12.1. The average Bonchev–Trinajstić information content (AvgIpc) is 2.69. The summed E-state index contributed by atoms with van der Waals surface area (Å²) in [5.41, 5.74) is 0.866. The van der Waals surface area contributed by atoms with Gasteiger partial charge in [0.2, 0.25) is 5.95 Å². The number of nitrogens with zero attached hydrogens (tertiary/aromatic N) is 2. The quantitative estimate of drug-likeness (QED) is 0.745. The Morgan fingerprint density at radius 1 is 1.40 bits per heavy atom. The van der Waals surface area contributed by atoms with E-state index in [2.05, 4.69) is 10.3 Å². The first kappa shape index (κ1) is 16.8. The highest BCUT2D eigenvalue weighted by Gasteiger charge is 2.25. The second-order valence-electron chi connectivity index (χ2n) is 4.92. The molecule has 0 radical (unpaired) electrons. The number of nitrogens with one attached hydrogen (secondary N) is 1. The molecule has 1 rings (SSSR count). The summed E-state index contributed by atoms with van der Waals surface area (Å²) in [7, 11) is 1.63. The number of anilines is 1. The van der Waals surface area contributed by atoms with Crippen LogP contribution in [0.15, 0.2) is 6.20 Å². The van der Waals surface area contributed by atoms with Crippen LogP contribution in [0.3, 0.4) is 0 Å². The summed E-state index contributed by atoms with van der Waals surface area (Å²) in [5.74, 6) is 0.680. The molecule has 7 heteroatoms. The topological polar surface area (TPSA) is 39.1 Å². The number of halogens is 3. The Labute approximate surface area is 117 Å². The predicted octanol–water partition coefficient (Wildman–Crippen LogP) is 3.54. The van der Waals surface area contributed by atoms with Crippen LogP contribution in [0.4, 0.5) is 19.1 Å². The molecule has 116 valence electrons. The molecule has 0 aliphatic heterocycles. The fourth-order valence-electron chi connectivity index (χ4n) is 1.96. The van der Waals surface area contributed by atoms with Crippen molar-refractivity contribution >= 4 is 5.95 Å². The Balaban J connectivity index is 2.43. The van der Waals surface area contributed by atoms with Crippen LogP contribution in [0.5, 0.6) is 0 Å². The number of alkyl halides is 3. The molecule has 1 aromatic heterocycles. The fraction of sp³-hybridized carbons (Fsp3) is 0.769. The van der Waals surface area contributed by atoms with Crippen molar-refractivity contribution in [1.29, 1.82) is 0 Å². The third kappa shape index (κ3) is 5.81. The minimum Gasteiger partial charge on any atom is -0.383 e. The Bertz CT molecular complexity index is 404. The van der Waals surface area contributed by atoms with Gasteiger partial charge >= 0.3 is 6.18 Å². The van der Waals surface area contributed by atoms with Crippen molar-refractivity contribution in [2.45, 2.75) is 45.3 Å². The summed E-state index contributed by atoms with van der Waals surface area (Å²) in [6.07, 6.45) is -2.31. The molecule has 0 aliphatic rings. The lowest BCUT2D eigenvalue weighted by Gasteiger charge is -2.16. The van der Waals surface area contributed by atoms with Crippen LogP contribution in [-0.4, -0.2) is 36.0 Å². The summed E-state index contributed by atoms with van der Waals surface area (Å²) in [5, 5.41) is 3.09. The van der Waals surface area contributed by atoms with E-state index in [1.54, 1.807) is 7.11 Å². The largest absolute Gasteiger partial charge is 0.389 e. The van der Waals surface area contributed by atoms with Crippen molar-refractivity contribution in [3.63, 3.8) is 0 Å². The third-order valence-corrected chi connectivity index (χ3v) is 2.91. The van der Waals surface area contributed by atoms with Gasteiger partial charge < -0.3 is 14.6 Å². The highest BCUT2D eigenvalue weighted by atomic mass is 19.4. The maximum atomic E-state index is 12.0. The van der Waals surface area contributed by atoms with E-state index in [-0.39, 0.29) is 12.5 Å². The van der Waals surface area contributed by atoms with Crippen molar-refractivity contribution in [3.8, 4) is 0 Å². The first-order valence-corrected chi connectivity index (χ1v) is 6.68. The van der Waals surface area contributed by atoms with Crippen molar-refractivity contribution in [1.82, 2.24) is 9.55 Å². The van der Waals surface area contributed by atoms with Crippen LogP contribution in [-0.2, 0) is 4.74 Å². The Morgan fingerprint density at radius 2 is 2.10 bits per heavy atom. The van der Waals surface area contributed by atoms with Gasteiger partial charge in [-0.3, -0.25) is 0 Å². The zero-order valence-electron chi connectivity index (χ0n) is 12.1. The SMILES string of the molecule is COCC(C)n1cc(C)nc1NCCCCC(F)(F)F. The molecule has 0 fully saturated rings. The fourth-order valence-corrected chi connectivity index (χ4v) is 1.96. The lowest BCUT2D eigenvalue weighted by atomic mass is 10.2. The average molecular weight is 293 g/mol. The van der Waals surface area contributed by atoms with Crippen LogP contribution in [0.1, 0.15) is 37.9 Å². The van der Waals surface area contributed by atoms with E-state index in [4.69, 9.17) is 4.74 Å². The predicted molar refractivity (Wildman–Crippen MR) is 71.9 cm³/mol. The molecule has 1 atom stereocenters. The summed E-state index contributed by atoms with van der Waals surface area (Å²) in [4.78, 5) is 4.33. The van der Waals surface area contributed by atoms with Gasteiger partial charge in [-0.05, 0) is 26.7 Å². The molecule has 0 aliphatic carbocycles. The maximum absolute atomic E-state index is 12.0. The Kier molecular flexibility index (Phi) is 6.32. The molecule has 0 amide bonds. The first-order chi connectivity index (χ1) is 9.33. The van der Waals surface area contributed by atoms with Crippen molar-refractivity contribution in [2.75, 3.05) is 25.6 Å². The van der Waals surface area contributed by atoms with Gasteiger partial charge in [0.15, 0.2) is 0 Å². The Hall–Kier alpha value is -1.24. The van der Waals surface area contributed by atoms with Crippen LogP contribution in [0.25, 0.3) is 0 Å². The number of rotatable bonds is 8. The van der Waals surface area contributed by atoms with Crippen molar-refractivity contribution in [2.24, 2.45) is 0 Å². The lowest BCUT2D eigenvalue weighted by molar-refractivity contribution is -0.135. The number of unbranched alkanes of at least 4 members (excludes halogenated alkanes) is 1. The van der Waals surface area contributed by atoms with Gasteiger partial charge in [-0.1, -0.05) is 0 Å². The summed E-state index contributed by atoms with van der Waals surface area (Å²) >= 11 is 0. The number of aryl methyl sites for hydroxylation is 1. The van der Waals surface area contributed by atoms with Crippen molar-refractivity contribution in [3.05, 3.63) is 11.9 Å². The van der Waals surface area contributed by atoms with E-state index < -0.39 is 12.6 Å². The van der Waals surface area contributed by atoms with Crippen molar-refractivity contribution < 1.29 is 17.9 Å².